The third-order valence-electron chi connectivity index (χ3n) is 1.77. The maximum atomic E-state index is 10.1. The minimum absolute atomic E-state index is 0.799. The molecule has 0 bridgehead atoms. The second-order valence-corrected chi connectivity index (χ2v) is 3.81. The normalized spacial score (nSPS) is 10.8. The third-order valence-corrected chi connectivity index (χ3v) is 2.85. The number of carboxylic acid groups (broad SMARTS) is 1. The van der Waals surface area contributed by atoms with E-state index < -0.39 is 5.97 Å². The first-order chi connectivity index (χ1) is 6.20. The van der Waals surface area contributed by atoms with Gasteiger partial charge >= 0.3 is 5.97 Å². The summed E-state index contributed by atoms with van der Waals surface area (Å²) >= 11 is 1.73. The van der Waals surface area contributed by atoms with Gasteiger partial charge in [-0.25, -0.2) is 4.79 Å². The van der Waals surface area contributed by atoms with E-state index >= 15 is 0 Å². The van der Waals surface area contributed by atoms with E-state index in [2.05, 4.69) is 18.4 Å². The summed E-state index contributed by atoms with van der Waals surface area (Å²) in [6.07, 6.45) is 4.63. The van der Waals surface area contributed by atoms with Crippen molar-refractivity contribution in [1.29, 1.82) is 0 Å². The Morgan fingerprint density at radius 1 is 1.69 bits per heavy atom. The van der Waals surface area contributed by atoms with E-state index in [0.717, 1.165) is 12.8 Å². The molecule has 0 aliphatic carbocycles. The number of allylic oxidation sites excluding steroid dienone is 1. The Labute approximate surface area is 81.5 Å². The highest BCUT2D eigenvalue weighted by atomic mass is 32.1. The van der Waals surface area contributed by atoms with E-state index in [1.165, 1.54) is 16.5 Å². The molecule has 0 aliphatic heterocycles. The van der Waals surface area contributed by atoms with Crippen LogP contribution >= 0.6 is 11.3 Å². The molecule has 1 aromatic heterocycles. The Morgan fingerprint density at radius 3 is 3.00 bits per heavy atom. The fourth-order valence-electron chi connectivity index (χ4n) is 1.06. The van der Waals surface area contributed by atoms with Crippen LogP contribution in [0, 0.1) is 6.92 Å². The number of rotatable bonds is 4. The third kappa shape index (κ3) is 3.42. The number of aryl methyl sites for hydroxylation is 2. The molecule has 0 saturated carbocycles. The number of carbonyl (C=O) groups is 1. The molecule has 0 unspecified atom stereocenters. The maximum absolute atomic E-state index is 10.1. The van der Waals surface area contributed by atoms with Crippen molar-refractivity contribution in [3.8, 4) is 0 Å². The molecule has 1 N–H and O–H groups in total. The SMILES string of the molecule is Cc1ccsc1CC/C=C/C(=O)O. The van der Waals surface area contributed by atoms with Gasteiger partial charge in [-0.05, 0) is 36.8 Å². The van der Waals surface area contributed by atoms with Crippen molar-refractivity contribution in [3.05, 3.63) is 34.0 Å². The van der Waals surface area contributed by atoms with Crippen molar-refractivity contribution in [2.24, 2.45) is 0 Å². The van der Waals surface area contributed by atoms with Crippen LogP contribution in [0.4, 0.5) is 0 Å². The van der Waals surface area contributed by atoms with Gasteiger partial charge in [0.05, 0.1) is 0 Å². The molecule has 0 amide bonds. The summed E-state index contributed by atoms with van der Waals surface area (Å²) < 4.78 is 0. The molecule has 0 aliphatic rings. The van der Waals surface area contributed by atoms with E-state index in [0.29, 0.717) is 0 Å². The maximum Gasteiger partial charge on any atom is 0.327 e. The first-order valence-electron chi connectivity index (χ1n) is 4.12. The smallest absolute Gasteiger partial charge is 0.327 e. The van der Waals surface area contributed by atoms with E-state index in [4.69, 9.17) is 5.11 Å². The molecule has 13 heavy (non-hydrogen) atoms. The Morgan fingerprint density at radius 2 is 2.46 bits per heavy atom. The number of carboxylic acids is 1. The molecule has 0 fully saturated rings. The van der Waals surface area contributed by atoms with Gasteiger partial charge in [0.15, 0.2) is 0 Å². The minimum atomic E-state index is -0.872. The van der Waals surface area contributed by atoms with Gasteiger partial charge < -0.3 is 5.11 Å². The number of aliphatic carboxylic acids is 1. The molecule has 0 spiro atoms. The Balaban J connectivity index is 2.36. The topological polar surface area (TPSA) is 37.3 Å². The molecule has 1 rings (SSSR count). The summed E-state index contributed by atoms with van der Waals surface area (Å²) in [6.45, 7) is 2.08. The van der Waals surface area contributed by atoms with E-state index in [1.807, 2.05) is 0 Å². The van der Waals surface area contributed by atoms with Crippen molar-refractivity contribution in [3.63, 3.8) is 0 Å². The average Bonchev–Trinajstić information content (AvgIpc) is 2.45. The fourth-order valence-corrected chi connectivity index (χ4v) is 1.98. The van der Waals surface area contributed by atoms with Crippen LogP contribution in [0.15, 0.2) is 23.6 Å². The highest BCUT2D eigenvalue weighted by Crippen LogP contribution is 2.17. The minimum Gasteiger partial charge on any atom is -0.478 e. The van der Waals surface area contributed by atoms with Crippen molar-refractivity contribution >= 4 is 17.3 Å². The summed E-state index contributed by atoms with van der Waals surface area (Å²) in [7, 11) is 0. The Kier molecular flexibility index (Phi) is 3.71. The van der Waals surface area contributed by atoms with Gasteiger partial charge in [0.2, 0.25) is 0 Å². The molecule has 2 nitrogen and oxygen atoms in total. The van der Waals surface area contributed by atoms with Gasteiger partial charge in [0, 0.05) is 11.0 Å². The lowest BCUT2D eigenvalue weighted by Gasteiger charge is -1.94. The van der Waals surface area contributed by atoms with Crippen molar-refractivity contribution in [2.75, 3.05) is 0 Å². The van der Waals surface area contributed by atoms with Crippen molar-refractivity contribution in [2.45, 2.75) is 19.8 Å². The number of thiophene rings is 1. The fraction of sp³-hybridized carbons (Fsp3) is 0.300. The molecule has 1 heterocycles. The summed E-state index contributed by atoms with van der Waals surface area (Å²) in [5, 5.41) is 10.4. The lowest BCUT2D eigenvalue weighted by molar-refractivity contribution is -0.131. The van der Waals surface area contributed by atoms with Crippen LogP contribution in [-0.4, -0.2) is 11.1 Å². The van der Waals surface area contributed by atoms with Crippen LogP contribution in [0.2, 0.25) is 0 Å². The predicted molar refractivity (Wildman–Crippen MR) is 54.2 cm³/mol. The molecular formula is C10H12O2S. The monoisotopic (exact) mass is 196 g/mol. The molecule has 3 heteroatoms. The van der Waals surface area contributed by atoms with Gasteiger partial charge in [-0.2, -0.15) is 0 Å². The zero-order valence-corrected chi connectivity index (χ0v) is 8.30. The van der Waals surface area contributed by atoms with Crippen molar-refractivity contribution < 1.29 is 9.90 Å². The zero-order chi connectivity index (χ0) is 9.68. The molecule has 0 radical (unpaired) electrons. The quantitative estimate of drug-likeness (QED) is 0.752. The van der Waals surface area contributed by atoms with Crippen LogP contribution < -0.4 is 0 Å². The summed E-state index contributed by atoms with van der Waals surface area (Å²) in [5.74, 6) is -0.872. The first kappa shape index (κ1) is 9.99. The summed E-state index contributed by atoms with van der Waals surface area (Å²) in [4.78, 5) is 11.5. The summed E-state index contributed by atoms with van der Waals surface area (Å²) in [5.41, 5.74) is 1.30. The Hall–Kier alpha value is -1.09. The van der Waals surface area contributed by atoms with Crippen molar-refractivity contribution in [1.82, 2.24) is 0 Å². The van der Waals surface area contributed by atoms with E-state index in [1.54, 1.807) is 17.4 Å². The number of hydrogen-bond donors (Lipinski definition) is 1. The zero-order valence-electron chi connectivity index (χ0n) is 7.49. The largest absolute Gasteiger partial charge is 0.478 e. The van der Waals surface area contributed by atoms with E-state index in [-0.39, 0.29) is 0 Å². The molecule has 70 valence electrons. The molecule has 0 atom stereocenters. The standard InChI is InChI=1S/C10H12O2S/c1-8-6-7-13-9(8)4-2-3-5-10(11)12/h3,5-7H,2,4H2,1H3,(H,11,12)/b5-3+. The van der Waals surface area contributed by atoms with Gasteiger partial charge in [-0.1, -0.05) is 6.08 Å². The van der Waals surface area contributed by atoms with Gasteiger partial charge in [-0.15, -0.1) is 11.3 Å². The molecule has 0 saturated heterocycles. The first-order valence-corrected chi connectivity index (χ1v) is 5.00. The molecule has 0 aromatic carbocycles. The van der Waals surface area contributed by atoms with Crippen LogP contribution in [-0.2, 0) is 11.2 Å². The Bertz CT molecular complexity index is 312. The van der Waals surface area contributed by atoms with Crippen LogP contribution in [0.1, 0.15) is 16.9 Å². The van der Waals surface area contributed by atoms with E-state index in [9.17, 15) is 4.79 Å². The molecular weight excluding hydrogens is 184 g/mol. The van der Waals surface area contributed by atoms with Crippen LogP contribution in [0.3, 0.4) is 0 Å². The predicted octanol–water partition coefficient (Wildman–Crippen LogP) is 2.63. The van der Waals surface area contributed by atoms with Gasteiger partial charge in [0.1, 0.15) is 0 Å². The van der Waals surface area contributed by atoms with Gasteiger partial charge in [-0.3, -0.25) is 0 Å². The highest BCUT2D eigenvalue weighted by Gasteiger charge is 1.97. The van der Waals surface area contributed by atoms with Gasteiger partial charge in [0.25, 0.3) is 0 Å². The molecule has 1 aromatic rings. The summed E-state index contributed by atoms with van der Waals surface area (Å²) in [6, 6.07) is 2.08. The average molecular weight is 196 g/mol. The second-order valence-electron chi connectivity index (χ2n) is 2.81. The van der Waals surface area contributed by atoms with Crippen LogP contribution in [0.5, 0.6) is 0 Å². The van der Waals surface area contributed by atoms with Crippen LogP contribution in [0.25, 0.3) is 0 Å². The second kappa shape index (κ2) is 4.82. The lowest BCUT2D eigenvalue weighted by Crippen LogP contribution is -1.87. The lowest BCUT2D eigenvalue weighted by atomic mass is 10.2. The number of hydrogen-bond acceptors (Lipinski definition) is 2. The highest BCUT2D eigenvalue weighted by molar-refractivity contribution is 7.10.